The maximum absolute atomic E-state index is 13.1. The van der Waals surface area contributed by atoms with Crippen LogP contribution in [-0.2, 0) is 17.8 Å². The predicted molar refractivity (Wildman–Crippen MR) is 115 cm³/mol. The summed E-state index contributed by atoms with van der Waals surface area (Å²) in [6.45, 7) is 1.85. The minimum Gasteiger partial charge on any atom is -0.495 e. The summed E-state index contributed by atoms with van der Waals surface area (Å²) in [5.41, 5.74) is 1.65. The van der Waals surface area contributed by atoms with Gasteiger partial charge in [-0.05, 0) is 36.8 Å². The molecular weight excluding hydrogens is 406 g/mol. The van der Waals surface area contributed by atoms with Crippen LogP contribution < -0.4 is 15.6 Å². The Kier molecular flexibility index (Phi) is 5.41. The fourth-order valence-corrected chi connectivity index (χ4v) is 3.65. The summed E-state index contributed by atoms with van der Waals surface area (Å²) in [5.74, 6) is 0.809. The quantitative estimate of drug-likeness (QED) is 0.512. The van der Waals surface area contributed by atoms with Gasteiger partial charge in [0, 0.05) is 11.4 Å². The maximum Gasteiger partial charge on any atom is 0.297 e. The molecule has 0 bridgehead atoms. The normalized spacial score (nSPS) is 11.2. The summed E-state index contributed by atoms with van der Waals surface area (Å²) < 4.78 is 8.44. The highest BCUT2D eigenvalue weighted by molar-refractivity contribution is 6.31. The molecular formula is C21H20ClN5O3. The van der Waals surface area contributed by atoms with Gasteiger partial charge in [-0.15, -0.1) is 10.2 Å². The number of nitrogens with one attached hydrogen (secondary N) is 1. The summed E-state index contributed by atoms with van der Waals surface area (Å²) in [6, 6.07) is 12.3. The van der Waals surface area contributed by atoms with Gasteiger partial charge >= 0.3 is 0 Å². The molecule has 30 heavy (non-hydrogen) atoms. The monoisotopic (exact) mass is 425 g/mol. The van der Waals surface area contributed by atoms with E-state index in [-0.39, 0.29) is 23.7 Å². The number of amides is 1. The van der Waals surface area contributed by atoms with E-state index < -0.39 is 0 Å². The van der Waals surface area contributed by atoms with E-state index in [1.165, 1.54) is 11.7 Å². The predicted octanol–water partition coefficient (Wildman–Crippen LogP) is 3.30. The van der Waals surface area contributed by atoms with Crippen LogP contribution in [0.3, 0.4) is 0 Å². The Bertz CT molecular complexity index is 1310. The number of carbonyl (C=O) groups is 1. The molecule has 4 rings (SSSR count). The van der Waals surface area contributed by atoms with Crippen LogP contribution in [0.2, 0.25) is 5.02 Å². The van der Waals surface area contributed by atoms with Gasteiger partial charge in [-0.25, -0.2) is 0 Å². The number of anilines is 1. The van der Waals surface area contributed by atoms with Gasteiger partial charge in [0.25, 0.3) is 5.56 Å². The second-order valence-corrected chi connectivity index (χ2v) is 7.23. The number of carbonyl (C=O) groups excluding carboxylic acids is 1. The number of hydrogen-bond donors (Lipinski definition) is 1. The molecule has 2 aromatic carbocycles. The van der Waals surface area contributed by atoms with E-state index in [0.717, 1.165) is 17.8 Å². The van der Waals surface area contributed by atoms with Crippen molar-refractivity contribution in [1.29, 1.82) is 0 Å². The van der Waals surface area contributed by atoms with E-state index in [4.69, 9.17) is 16.3 Å². The van der Waals surface area contributed by atoms with Crippen LogP contribution in [0.1, 0.15) is 19.2 Å². The van der Waals surface area contributed by atoms with Crippen LogP contribution >= 0.6 is 11.6 Å². The zero-order chi connectivity index (χ0) is 21.3. The highest BCUT2D eigenvalue weighted by Crippen LogP contribution is 2.27. The second-order valence-electron chi connectivity index (χ2n) is 6.80. The van der Waals surface area contributed by atoms with E-state index in [1.54, 1.807) is 28.7 Å². The molecule has 0 unspecified atom stereocenters. The molecule has 0 fully saturated rings. The van der Waals surface area contributed by atoms with Crippen molar-refractivity contribution in [3.05, 3.63) is 63.7 Å². The van der Waals surface area contributed by atoms with Crippen LogP contribution in [0.15, 0.2) is 47.3 Å². The largest absolute Gasteiger partial charge is 0.495 e. The van der Waals surface area contributed by atoms with Crippen LogP contribution in [0.5, 0.6) is 5.75 Å². The lowest BCUT2D eigenvalue weighted by Gasteiger charge is -2.14. The molecule has 0 saturated heterocycles. The van der Waals surface area contributed by atoms with Gasteiger partial charge in [-0.2, -0.15) is 0 Å². The third kappa shape index (κ3) is 3.50. The molecule has 9 heteroatoms. The smallest absolute Gasteiger partial charge is 0.297 e. The van der Waals surface area contributed by atoms with Crippen molar-refractivity contribution >= 4 is 39.9 Å². The first-order chi connectivity index (χ1) is 14.5. The van der Waals surface area contributed by atoms with Gasteiger partial charge in [0.2, 0.25) is 11.6 Å². The average molecular weight is 426 g/mol. The molecule has 0 aliphatic heterocycles. The van der Waals surface area contributed by atoms with Crippen molar-refractivity contribution in [2.75, 3.05) is 12.4 Å². The molecule has 2 aromatic heterocycles. The lowest BCUT2D eigenvalue weighted by Crippen LogP contribution is -2.29. The molecule has 0 aliphatic carbocycles. The molecule has 0 saturated carbocycles. The number of benzene rings is 2. The van der Waals surface area contributed by atoms with Crippen LogP contribution in [0, 0.1) is 0 Å². The molecule has 0 aliphatic rings. The lowest BCUT2D eigenvalue weighted by atomic mass is 10.2. The number of ether oxygens (including phenoxy) is 1. The second kappa shape index (κ2) is 8.16. The number of rotatable bonds is 6. The Morgan fingerprint density at radius 1 is 1.17 bits per heavy atom. The Balaban J connectivity index is 1.78. The lowest BCUT2D eigenvalue weighted by molar-refractivity contribution is -0.116. The van der Waals surface area contributed by atoms with Crippen molar-refractivity contribution in [2.45, 2.75) is 26.3 Å². The van der Waals surface area contributed by atoms with Crippen LogP contribution in [0.25, 0.3) is 16.7 Å². The molecule has 1 amide bonds. The molecule has 8 nitrogen and oxygen atoms in total. The van der Waals surface area contributed by atoms with Gasteiger partial charge in [-0.3, -0.25) is 18.6 Å². The summed E-state index contributed by atoms with van der Waals surface area (Å²) in [7, 11) is 1.50. The van der Waals surface area contributed by atoms with Crippen molar-refractivity contribution in [1.82, 2.24) is 19.2 Å². The summed E-state index contributed by atoms with van der Waals surface area (Å²) >= 11 is 6.03. The first-order valence-electron chi connectivity index (χ1n) is 9.52. The van der Waals surface area contributed by atoms with Crippen molar-refractivity contribution in [3.63, 3.8) is 0 Å². The van der Waals surface area contributed by atoms with E-state index in [2.05, 4.69) is 15.5 Å². The van der Waals surface area contributed by atoms with Crippen molar-refractivity contribution in [3.8, 4) is 5.75 Å². The topological polar surface area (TPSA) is 90.5 Å². The Morgan fingerprint density at radius 3 is 2.67 bits per heavy atom. The van der Waals surface area contributed by atoms with E-state index >= 15 is 0 Å². The molecule has 154 valence electrons. The minimum atomic E-state index is -0.388. The SMILES string of the molecule is CCCc1nnc2c(=O)n(CC(=O)Nc3cc(Cl)ccc3OC)c3ccccc3n12. The van der Waals surface area contributed by atoms with Gasteiger partial charge < -0.3 is 10.1 Å². The molecule has 2 heterocycles. The van der Waals surface area contributed by atoms with E-state index in [1.807, 2.05) is 25.1 Å². The number of aromatic nitrogens is 4. The first-order valence-corrected chi connectivity index (χ1v) is 9.90. The number of para-hydroxylation sites is 2. The highest BCUT2D eigenvalue weighted by atomic mass is 35.5. The Morgan fingerprint density at radius 2 is 1.93 bits per heavy atom. The molecule has 4 aromatic rings. The van der Waals surface area contributed by atoms with Crippen molar-refractivity contribution in [2.24, 2.45) is 0 Å². The number of fused-ring (bicyclic) bond motifs is 3. The third-order valence-corrected chi connectivity index (χ3v) is 5.03. The summed E-state index contributed by atoms with van der Waals surface area (Å²) in [6.07, 6.45) is 1.58. The number of hydrogen-bond acceptors (Lipinski definition) is 5. The standard InChI is InChI=1S/C21H20ClN5O3/c1-3-6-18-24-25-20-21(29)26(15-7-4-5-8-16(15)27(18)20)12-19(28)23-14-11-13(22)9-10-17(14)30-2/h4-5,7-11H,3,6,12H2,1-2H3,(H,23,28). The summed E-state index contributed by atoms with van der Waals surface area (Å²) in [5, 5.41) is 11.5. The van der Waals surface area contributed by atoms with Crippen LogP contribution in [0.4, 0.5) is 5.69 Å². The zero-order valence-corrected chi connectivity index (χ0v) is 17.3. The number of halogens is 1. The summed E-state index contributed by atoms with van der Waals surface area (Å²) in [4.78, 5) is 25.9. The van der Waals surface area contributed by atoms with E-state index in [0.29, 0.717) is 28.4 Å². The highest BCUT2D eigenvalue weighted by Gasteiger charge is 2.18. The van der Waals surface area contributed by atoms with Gasteiger partial charge in [0.1, 0.15) is 18.1 Å². The first kappa shape index (κ1) is 19.9. The Hall–Kier alpha value is -3.39. The number of methoxy groups -OCH3 is 1. The fourth-order valence-electron chi connectivity index (χ4n) is 3.47. The minimum absolute atomic E-state index is 0.193. The van der Waals surface area contributed by atoms with Crippen LogP contribution in [-0.4, -0.2) is 32.2 Å². The average Bonchev–Trinajstić information content (AvgIpc) is 3.16. The zero-order valence-electron chi connectivity index (χ0n) is 16.6. The Labute approximate surface area is 177 Å². The van der Waals surface area contributed by atoms with E-state index in [9.17, 15) is 9.59 Å². The maximum atomic E-state index is 13.1. The third-order valence-electron chi connectivity index (χ3n) is 4.79. The van der Waals surface area contributed by atoms with Crippen molar-refractivity contribution < 1.29 is 9.53 Å². The van der Waals surface area contributed by atoms with Gasteiger partial charge in [0.05, 0.1) is 23.8 Å². The molecule has 1 N–H and O–H groups in total. The molecule has 0 spiro atoms. The number of aryl methyl sites for hydroxylation is 1. The fraction of sp³-hybridized carbons (Fsp3) is 0.238. The molecule has 0 atom stereocenters. The molecule has 0 radical (unpaired) electrons. The van der Waals surface area contributed by atoms with Gasteiger partial charge in [-0.1, -0.05) is 30.7 Å². The number of nitrogens with zero attached hydrogens (tertiary/aromatic N) is 4. The van der Waals surface area contributed by atoms with Gasteiger partial charge in [0.15, 0.2) is 0 Å².